The second-order valence-corrected chi connectivity index (χ2v) is 5.36. The lowest BCUT2D eigenvalue weighted by Gasteiger charge is -2.13. The van der Waals surface area contributed by atoms with Crippen molar-refractivity contribution in [1.82, 2.24) is 15.6 Å². The lowest BCUT2D eigenvalue weighted by Crippen LogP contribution is -2.27. The average molecular weight is 303 g/mol. The molecule has 1 heterocycles. The molecule has 1 atom stereocenters. The van der Waals surface area contributed by atoms with Gasteiger partial charge in [-0.2, -0.15) is 0 Å². The predicted octanol–water partition coefficient (Wildman–Crippen LogP) is 2.38. The maximum absolute atomic E-state index is 12.1. The molecule has 2 amide bonds. The van der Waals surface area contributed by atoms with E-state index in [1.165, 1.54) is 0 Å². The summed E-state index contributed by atoms with van der Waals surface area (Å²) in [6.45, 7) is 4.27. The van der Waals surface area contributed by atoms with Crippen LogP contribution in [0, 0.1) is 0 Å². The zero-order chi connectivity index (χ0) is 15.2. The van der Waals surface area contributed by atoms with Crippen molar-refractivity contribution in [3.05, 3.63) is 52.0 Å². The summed E-state index contributed by atoms with van der Waals surface area (Å²) in [5.41, 5.74) is 1.29. The van der Waals surface area contributed by atoms with E-state index in [9.17, 15) is 9.59 Å². The van der Waals surface area contributed by atoms with Crippen molar-refractivity contribution in [2.24, 2.45) is 0 Å². The van der Waals surface area contributed by atoms with Crippen LogP contribution in [-0.4, -0.2) is 23.3 Å². The lowest BCUT2D eigenvalue weighted by molar-refractivity contribution is 0.0935. The minimum atomic E-state index is -0.279. The van der Waals surface area contributed by atoms with Crippen molar-refractivity contribution in [2.75, 3.05) is 6.54 Å². The van der Waals surface area contributed by atoms with E-state index in [2.05, 4.69) is 15.6 Å². The second-order valence-electron chi connectivity index (χ2n) is 4.50. The summed E-state index contributed by atoms with van der Waals surface area (Å²) in [6, 6.07) is 9.56. The number of nitrogens with zero attached hydrogens (tertiary/aromatic N) is 1. The van der Waals surface area contributed by atoms with E-state index >= 15 is 0 Å². The molecule has 0 aliphatic carbocycles. The molecule has 2 aromatic rings. The Balaban J connectivity index is 2.02. The number of carbonyl (C=O) groups is 2. The van der Waals surface area contributed by atoms with Crippen LogP contribution in [0.5, 0.6) is 0 Å². The summed E-state index contributed by atoms with van der Waals surface area (Å²) < 4.78 is 0. The van der Waals surface area contributed by atoms with Gasteiger partial charge in [-0.1, -0.05) is 30.3 Å². The lowest BCUT2D eigenvalue weighted by atomic mass is 10.1. The van der Waals surface area contributed by atoms with Crippen molar-refractivity contribution in [2.45, 2.75) is 19.9 Å². The number of hydrogen-bond donors (Lipinski definition) is 2. The Morgan fingerprint density at radius 2 is 1.95 bits per heavy atom. The number of thiazole rings is 1. The predicted molar refractivity (Wildman–Crippen MR) is 82.4 cm³/mol. The second kappa shape index (κ2) is 6.99. The van der Waals surface area contributed by atoms with Crippen LogP contribution in [0.1, 0.15) is 45.7 Å². The van der Waals surface area contributed by atoms with Crippen molar-refractivity contribution in [1.29, 1.82) is 0 Å². The maximum atomic E-state index is 12.1. The molecular weight excluding hydrogens is 286 g/mol. The zero-order valence-corrected chi connectivity index (χ0v) is 12.7. The molecule has 0 radical (unpaired) electrons. The topological polar surface area (TPSA) is 71.1 Å². The first-order valence-electron chi connectivity index (χ1n) is 6.71. The van der Waals surface area contributed by atoms with E-state index in [1.54, 1.807) is 5.38 Å². The van der Waals surface area contributed by atoms with Crippen molar-refractivity contribution >= 4 is 23.2 Å². The smallest absolute Gasteiger partial charge is 0.280 e. The van der Waals surface area contributed by atoms with Crippen molar-refractivity contribution in [3.63, 3.8) is 0 Å². The molecule has 0 saturated heterocycles. The molecule has 0 unspecified atom stereocenters. The SMILES string of the molecule is CCNC(=O)c1nc(C(=O)N[C@@H](C)c2ccccc2)cs1. The van der Waals surface area contributed by atoms with Crippen LogP contribution in [0.25, 0.3) is 0 Å². The molecule has 0 aliphatic heterocycles. The maximum Gasteiger partial charge on any atom is 0.280 e. The van der Waals surface area contributed by atoms with Crippen LogP contribution in [0.3, 0.4) is 0 Å². The Kier molecular flexibility index (Phi) is 5.05. The van der Waals surface area contributed by atoms with E-state index in [1.807, 2.05) is 44.2 Å². The molecule has 2 N–H and O–H groups in total. The molecule has 0 saturated carbocycles. The summed E-state index contributed by atoms with van der Waals surface area (Å²) in [4.78, 5) is 27.8. The van der Waals surface area contributed by atoms with Gasteiger partial charge in [0, 0.05) is 11.9 Å². The summed E-state index contributed by atoms with van der Waals surface area (Å²) in [5.74, 6) is -0.532. The van der Waals surface area contributed by atoms with Gasteiger partial charge in [-0.3, -0.25) is 9.59 Å². The van der Waals surface area contributed by atoms with Crippen LogP contribution < -0.4 is 10.6 Å². The first-order valence-corrected chi connectivity index (χ1v) is 7.59. The first kappa shape index (κ1) is 15.2. The van der Waals surface area contributed by atoms with Crippen molar-refractivity contribution < 1.29 is 9.59 Å². The number of hydrogen-bond acceptors (Lipinski definition) is 4. The van der Waals surface area contributed by atoms with Gasteiger partial charge < -0.3 is 10.6 Å². The van der Waals surface area contributed by atoms with Gasteiger partial charge in [0.2, 0.25) is 0 Å². The molecule has 0 aliphatic rings. The normalized spacial score (nSPS) is 11.7. The van der Waals surface area contributed by atoms with Gasteiger partial charge in [-0.25, -0.2) is 4.98 Å². The van der Waals surface area contributed by atoms with Crippen LogP contribution >= 0.6 is 11.3 Å². The van der Waals surface area contributed by atoms with Gasteiger partial charge >= 0.3 is 0 Å². The standard InChI is InChI=1S/C15H17N3O2S/c1-3-16-14(20)15-18-12(9-21-15)13(19)17-10(2)11-7-5-4-6-8-11/h4-10H,3H2,1-2H3,(H,16,20)(H,17,19)/t10-/m0/s1. The molecule has 0 spiro atoms. The highest BCUT2D eigenvalue weighted by Crippen LogP contribution is 2.14. The highest BCUT2D eigenvalue weighted by atomic mass is 32.1. The van der Waals surface area contributed by atoms with E-state index in [4.69, 9.17) is 0 Å². The molecular formula is C15H17N3O2S. The third-order valence-electron chi connectivity index (χ3n) is 2.92. The molecule has 6 heteroatoms. The summed E-state index contributed by atoms with van der Waals surface area (Å²) >= 11 is 1.16. The van der Waals surface area contributed by atoms with E-state index in [-0.39, 0.29) is 23.6 Å². The molecule has 110 valence electrons. The minimum absolute atomic E-state index is 0.117. The number of rotatable bonds is 5. The minimum Gasteiger partial charge on any atom is -0.350 e. The van der Waals surface area contributed by atoms with Gasteiger partial charge in [-0.05, 0) is 19.4 Å². The summed E-state index contributed by atoms with van der Waals surface area (Å²) in [5, 5.41) is 7.42. The van der Waals surface area contributed by atoms with Crippen LogP contribution in [-0.2, 0) is 0 Å². The fourth-order valence-corrected chi connectivity index (χ4v) is 2.53. The molecule has 0 bridgehead atoms. The van der Waals surface area contributed by atoms with Gasteiger partial charge in [0.15, 0.2) is 5.01 Å². The number of aromatic nitrogens is 1. The zero-order valence-electron chi connectivity index (χ0n) is 11.9. The summed E-state index contributed by atoms with van der Waals surface area (Å²) in [6.07, 6.45) is 0. The molecule has 1 aromatic heterocycles. The highest BCUT2D eigenvalue weighted by molar-refractivity contribution is 7.11. The molecule has 2 rings (SSSR count). The number of nitrogens with one attached hydrogen (secondary N) is 2. The number of benzene rings is 1. The Bertz CT molecular complexity index is 625. The number of carbonyl (C=O) groups excluding carboxylic acids is 2. The molecule has 5 nitrogen and oxygen atoms in total. The Morgan fingerprint density at radius 3 is 2.62 bits per heavy atom. The quantitative estimate of drug-likeness (QED) is 0.891. The average Bonchev–Trinajstić information content (AvgIpc) is 2.98. The van der Waals surface area contributed by atoms with Gasteiger partial charge in [0.1, 0.15) is 5.69 Å². The third kappa shape index (κ3) is 3.88. The van der Waals surface area contributed by atoms with Gasteiger partial charge in [0.25, 0.3) is 11.8 Å². The van der Waals surface area contributed by atoms with E-state index in [0.717, 1.165) is 16.9 Å². The van der Waals surface area contributed by atoms with E-state index in [0.29, 0.717) is 11.6 Å². The molecule has 1 aromatic carbocycles. The summed E-state index contributed by atoms with van der Waals surface area (Å²) in [7, 11) is 0. The fraction of sp³-hybridized carbons (Fsp3) is 0.267. The van der Waals surface area contributed by atoms with Gasteiger partial charge in [-0.15, -0.1) is 11.3 Å². The van der Waals surface area contributed by atoms with Crippen LogP contribution in [0.15, 0.2) is 35.7 Å². The van der Waals surface area contributed by atoms with Gasteiger partial charge in [0.05, 0.1) is 6.04 Å². The van der Waals surface area contributed by atoms with E-state index < -0.39 is 0 Å². The Hall–Kier alpha value is -2.21. The first-order chi connectivity index (χ1) is 10.1. The van der Waals surface area contributed by atoms with Crippen molar-refractivity contribution in [3.8, 4) is 0 Å². The van der Waals surface area contributed by atoms with Crippen LogP contribution in [0.4, 0.5) is 0 Å². The third-order valence-corrected chi connectivity index (χ3v) is 3.76. The largest absolute Gasteiger partial charge is 0.350 e. The Labute approximate surface area is 127 Å². The van der Waals surface area contributed by atoms with Crippen LogP contribution in [0.2, 0.25) is 0 Å². The fourth-order valence-electron chi connectivity index (χ4n) is 1.81. The monoisotopic (exact) mass is 303 g/mol. The molecule has 0 fully saturated rings. The highest BCUT2D eigenvalue weighted by Gasteiger charge is 2.17. The molecule has 21 heavy (non-hydrogen) atoms. The number of amides is 2. The Morgan fingerprint density at radius 1 is 1.24 bits per heavy atom.